The van der Waals surface area contributed by atoms with Gasteiger partial charge in [-0.3, -0.25) is 0 Å². The molecule has 8 heteroatoms. The van der Waals surface area contributed by atoms with E-state index in [4.69, 9.17) is 21.8 Å². The van der Waals surface area contributed by atoms with E-state index in [1.165, 1.54) is 0 Å². The number of halogens is 1. The third kappa shape index (κ3) is 3.61. The number of nitrogens with zero attached hydrogens (tertiary/aromatic N) is 2. The van der Waals surface area contributed by atoms with Crippen LogP contribution in [0.5, 0.6) is 0 Å². The van der Waals surface area contributed by atoms with E-state index in [-0.39, 0.29) is 17.6 Å². The molecule has 1 atom stereocenters. The van der Waals surface area contributed by atoms with E-state index in [1.807, 2.05) is 13.8 Å². The molecule has 0 aliphatic carbocycles. The summed E-state index contributed by atoms with van der Waals surface area (Å²) in [4.78, 5) is 0. The highest BCUT2D eigenvalue weighted by atomic mass is 35.5. The zero-order valence-electron chi connectivity index (χ0n) is 11.7. The molecule has 0 aliphatic rings. The van der Waals surface area contributed by atoms with Gasteiger partial charge >= 0.3 is 5.22 Å². The van der Waals surface area contributed by atoms with E-state index in [0.717, 1.165) is 0 Å². The molecular weight excluding hydrogens is 314 g/mol. The van der Waals surface area contributed by atoms with Crippen LogP contribution in [-0.4, -0.2) is 18.6 Å². The van der Waals surface area contributed by atoms with Gasteiger partial charge in [-0.15, -0.1) is 5.10 Å². The Bertz CT molecular complexity index is 728. The molecule has 0 saturated heterocycles. The molecule has 0 saturated carbocycles. The minimum absolute atomic E-state index is 0.0598. The molecule has 2 N–H and O–H groups in total. The first-order valence-corrected chi connectivity index (χ1v) is 8.39. The van der Waals surface area contributed by atoms with Gasteiger partial charge in [0.15, 0.2) is 0 Å². The van der Waals surface area contributed by atoms with Crippen molar-refractivity contribution < 1.29 is 12.8 Å². The molecule has 2 aromatic rings. The fourth-order valence-corrected chi connectivity index (χ4v) is 3.09. The number of sulfone groups is 1. The predicted molar refractivity (Wildman–Crippen MR) is 78.4 cm³/mol. The smallest absolute Gasteiger partial charge is 0.335 e. The van der Waals surface area contributed by atoms with Gasteiger partial charge in [-0.1, -0.05) is 48.7 Å². The zero-order valence-corrected chi connectivity index (χ0v) is 13.2. The predicted octanol–water partition coefficient (Wildman–Crippen LogP) is 2.35. The topological polar surface area (TPSA) is 99.1 Å². The molecule has 21 heavy (non-hydrogen) atoms. The quantitative estimate of drug-likeness (QED) is 0.903. The van der Waals surface area contributed by atoms with Gasteiger partial charge in [-0.2, -0.15) is 0 Å². The maximum absolute atomic E-state index is 12.3. The van der Waals surface area contributed by atoms with Crippen molar-refractivity contribution in [3.8, 4) is 0 Å². The van der Waals surface area contributed by atoms with Gasteiger partial charge in [0.2, 0.25) is 15.7 Å². The molecular formula is C13H16ClN3O3S. The Morgan fingerprint density at radius 2 is 1.95 bits per heavy atom. The second kappa shape index (κ2) is 6.13. The summed E-state index contributed by atoms with van der Waals surface area (Å²) in [5.41, 5.74) is 6.34. The number of nitrogens with two attached hydrogens (primary N) is 1. The van der Waals surface area contributed by atoms with Gasteiger partial charge in [0.25, 0.3) is 0 Å². The summed E-state index contributed by atoms with van der Waals surface area (Å²) in [6.45, 7) is 3.76. The summed E-state index contributed by atoms with van der Waals surface area (Å²) < 4.78 is 29.7. The molecule has 0 aliphatic heterocycles. The lowest BCUT2D eigenvalue weighted by atomic mass is 10.1. The van der Waals surface area contributed by atoms with Crippen LogP contribution in [0.4, 0.5) is 0 Å². The Labute approximate surface area is 128 Å². The van der Waals surface area contributed by atoms with Crippen molar-refractivity contribution in [3.05, 3.63) is 40.7 Å². The van der Waals surface area contributed by atoms with E-state index in [0.29, 0.717) is 10.6 Å². The normalized spacial score (nSPS) is 13.6. The number of hydrogen-bond acceptors (Lipinski definition) is 6. The van der Waals surface area contributed by atoms with E-state index >= 15 is 0 Å². The third-order valence-electron chi connectivity index (χ3n) is 2.99. The highest BCUT2D eigenvalue weighted by molar-refractivity contribution is 7.90. The van der Waals surface area contributed by atoms with Crippen LogP contribution in [0.15, 0.2) is 33.9 Å². The molecule has 1 heterocycles. The monoisotopic (exact) mass is 329 g/mol. The highest BCUT2D eigenvalue weighted by Crippen LogP contribution is 2.23. The van der Waals surface area contributed by atoms with Crippen molar-refractivity contribution in [3.63, 3.8) is 0 Å². The molecule has 1 unspecified atom stereocenters. The van der Waals surface area contributed by atoms with Crippen LogP contribution in [0.3, 0.4) is 0 Å². The molecule has 0 fully saturated rings. The van der Waals surface area contributed by atoms with Crippen LogP contribution < -0.4 is 5.73 Å². The van der Waals surface area contributed by atoms with Crippen LogP contribution >= 0.6 is 11.6 Å². The minimum Gasteiger partial charge on any atom is -0.411 e. The minimum atomic E-state index is -3.75. The van der Waals surface area contributed by atoms with Crippen molar-refractivity contribution in [1.82, 2.24) is 10.2 Å². The van der Waals surface area contributed by atoms with Crippen molar-refractivity contribution in [1.29, 1.82) is 0 Å². The summed E-state index contributed by atoms with van der Waals surface area (Å²) in [5.74, 6) is -0.127. The standard InChI is InChI=1S/C13H16ClN3O3S/c1-8(2)11(15)12-16-17-13(20-12)21(18,19)7-9-5-3-4-6-10(9)14/h3-6,8,11H,7,15H2,1-2H3. The van der Waals surface area contributed by atoms with Crippen molar-refractivity contribution in [2.75, 3.05) is 0 Å². The largest absolute Gasteiger partial charge is 0.411 e. The highest BCUT2D eigenvalue weighted by Gasteiger charge is 2.26. The number of hydrogen-bond donors (Lipinski definition) is 1. The van der Waals surface area contributed by atoms with E-state index in [9.17, 15) is 8.42 Å². The van der Waals surface area contributed by atoms with Gasteiger partial charge in [-0.25, -0.2) is 8.42 Å². The maximum Gasteiger partial charge on any atom is 0.335 e. The van der Waals surface area contributed by atoms with Crippen molar-refractivity contribution >= 4 is 21.4 Å². The Morgan fingerprint density at radius 1 is 1.29 bits per heavy atom. The SMILES string of the molecule is CC(C)C(N)c1nnc(S(=O)(=O)Cc2ccccc2Cl)o1. The molecule has 0 radical (unpaired) electrons. The number of benzene rings is 1. The van der Waals surface area contributed by atoms with Crippen LogP contribution in [0, 0.1) is 5.92 Å². The van der Waals surface area contributed by atoms with Crippen molar-refractivity contribution in [2.45, 2.75) is 30.9 Å². The number of rotatable bonds is 5. The van der Waals surface area contributed by atoms with Gasteiger partial charge < -0.3 is 10.2 Å². The third-order valence-corrected chi connectivity index (χ3v) is 4.75. The molecule has 2 rings (SSSR count). The Hall–Kier alpha value is -1.44. The van der Waals surface area contributed by atoms with E-state index in [1.54, 1.807) is 24.3 Å². The molecule has 0 bridgehead atoms. The Kier molecular flexibility index (Phi) is 4.65. The van der Waals surface area contributed by atoms with Crippen LogP contribution in [0.25, 0.3) is 0 Å². The first-order chi connectivity index (χ1) is 9.81. The van der Waals surface area contributed by atoms with Gasteiger partial charge in [0.05, 0.1) is 11.8 Å². The first-order valence-electron chi connectivity index (χ1n) is 6.36. The zero-order chi connectivity index (χ0) is 15.6. The fraction of sp³-hybridized carbons (Fsp3) is 0.385. The summed E-state index contributed by atoms with van der Waals surface area (Å²) in [6.07, 6.45) is 0. The summed E-state index contributed by atoms with van der Waals surface area (Å²) in [5, 5.41) is 7.24. The molecule has 114 valence electrons. The van der Waals surface area contributed by atoms with Crippen molar-refractivity contribution in [2.24, 2.45) is 11.7 Å². The van der Waals surface area contributed by atoms with E-state index in [2.05, 4.69) is 10.2 Å². The van der Waals surface area contributed by atoms with Crippen LogP contribution in [0.1, 0.15) is 31.3 Å². The fourth-order valence-electron chi connectivity index (χ4n) is 1.65. The molecule has 0 amide bonds. The van der Waals surface area contributed by atoms with Gasteiger partial charge in [0, 0.05) is 5.02 Å². The van der Waals surface area contributed by atoms with Gasteiger partial charge in [-0.05, 0) is 17.5 Å². The summed E-state index contributed by atoms with van der Waals surface area (Å²) in [6, 6.07) is 6.20. The Morgan fingerprint density at radius 3 is 2.57 bits per heavy atom. The molecule has 6 nitrogen and oxygen atoms in total. The van der Waals surface area contributed by atoms with Gasteiger partial charge in [0.1, 0.15) is 0 Å². The van der Waals surface area contributed by atoms with Crippen LogP contribution in [0.2, 0.25) is 5.02 Å². The maximum atomic E-state index is 12.3. The Balaban J connectivity index is 2.27. The molecule has 1 aromatic heterocycles. The van der Waals surface area contributed by atoms with E-state index < -0.39 is 21.1 Å². The molecule has 0 spiro atoms. The number of aromatic nitrogens is 2. The lowest BCUT2D eigenvalue weighted by molar-refractivity contribution is 0.341. The average molecular weight is 330 g/mol. The lowest BCUT2D eigenvalue weighted by Gasteiger charge is -2.09. The first kappa shape index (κ1) is 15.9. The van der Waals surface area contributed by atoms with Crippen LogP contribution in [-0.2, 0) is 15.6 Å². The summed E-state index contributed by atoms with van der Waals surface area (Å²) in [7, 11) is -3.75. The molecule has 1 aromatic carbocycles. The second-order valence-corrected chi connectivity index (χ2v) is 7.30. The second-order valence-electron chi connectivity index (χ2n) is 5.03. The average Bonchev–Trinajstić information content (AvgIpc) is 2.90. The lowest BCUT2D eigenvalue weighted by Crippen LogP contribution is -2.17. The summed E-state index contributed by atoms with van der Waals surface area (Å²) >= 11 is 5.96.